The third-order valence-electron chi connectivity index (χ3n) is 0.606. The summed E-state index contributed by atoms with van der Waals surface area (Å²) in [6.07, 6.45) is 2.87. The second-order valence-corrected chi connectivity index (χ2v) is 1.62. The van der Waals surface area contributed by atoms with E-state index in [-0.39, 0.29) is 30.2 Å². The van der Waals surface area contributed by atoms with Gasteiger partial charge in [0.1, 0.15) is 0 Å². The zero-order valence-electron chi connectivity index (χ0n) is 6.13. The zero-order valence-corrected chi connectivity index (χ0v) is 6.94. The van der Waals surface area contributed by atoms with Crippen molar-refractivity contribution in [1.82, 2.24) is 0 Å². The number of hydrogen-bond acceptors (Lipinski definition) is 4. The van der Waals surface area contributed by atoms with Crippen LogP contribution >= 0.6 is 12.4 Å². The van der Waals surface area contributed by atoms with Crippen LogP contribution in [0.15, 0.2) is 12.2 Å². The van der Waals surface area contributed by atoms with Crippen molar-refractivity contribution in [1.29, 1.82) is 16.2 Å². The van der Waals surface area contributed by atoms with Crippen molar-refractivity contribution >= 4 is 30.2 Å². The number of ether oxygens (including phenoxy) is 1. The van der Waals surface area contributed by atoms with Crippen LogP contribution < -0.4 is 11.5 Å². The second-order valence-electron chi connectivity index (χ2n) is 1.62. The van der Waals surface area contributed by atoms with Crippen molar-refractivity contribution in [2.24, 2.45) is 11.5 Å². The lowest BCUT2D eigenvalue weighted by Gasteiger charge is -1.87. The van der Waals surface area contributed by atoms with E-state index >= 15 is 0 Å². The highest BCUT2D eigenvalue weighted by atomic mass is 35.5. The van der Waals surface area contributed by atoms with E-state index in [4.69, 9.17) is 16.2 Å². The average molecular weight is 192 g/mol. The van der Waals surface area contributed by atoms with Gasteiger partial charge in [0, 0.05) is 12.2 Å². The molecule has 0 bridgehead atoms. The van der Waals surface area contributed by atoms with E-state index in [0.29, 0.717) is 0 Å². The lowest BCUT2D eigenvalue weighted by molar-refractivity contribution is 0.555. The van der Waals surface area contributed by atoms with Gasteiger partial charge in [0.15, 0.2) is 5.96 Å². The topological polar surface area (TPSA) is 133 Å². The molecule has 0 aromatic rings. The highest BCUT2D eigenvalue weighted by Crippen LogP contribution is 1.93. The van der Waals surface area contributed by atoms with Crippen molar-refractivity contribution in [2.75, 3.05) is 0 Å². The molecule has 0 amide bonds. The molecule has 7 N–H and O–H groups in total. The second kappa shape index (κ2) is 6.17. The molecule has 68 valence electrons. The minimum atomic E-state index is -0.333. The Balaban J connectivity index is 0. The molecule has 1 aliphatic rings. The largest absolute Gasteiger partial charge is 0.422 e. The van der Waals surface area contributed by atoms with Crippen molar-refractivity contribution < 1.29 is 4.74 Å². The molecule has 0 aromatic heterocycles. The van der Waals surface area contributed by atoms with Gasteiger partial charge < -0.3 is 16.2 Å². The first-order chi connectivity index (χ1) is 5.02. The molecular weight excluding hydrogens is 182 g/mol. The summed E-state index contributed by atoms with van der Waals surface area (Å²) in [4.78, 5) is 0. The Labute approximate surface area is 75.5 Å². The number of hydrogen-bond donors (Lipinski definition) is 5. The van der Waals surface area contributed by atoms with Crippen LogP contribution in [0.2, 0.25) is 0 Å². The van der Waals surface area contributed by atoms with Gasteiger partial charge in [0.25, 0.3) is 0 Å². The molecule has 0 unspecified atom stereocenters. The maximum absolute atomic E-state index is 6.73. The van der Waals surface area contributed by atoms with Crippen molar-refractivity contribution in [2.45, 2.75) is 0 Å². The van der Waals surface area contributed by atoms with Crippen LogP contribution in [-0.4, -0.2) is 17.8 Å². The van der Waals surface area contributed by atoms with E-state index in [1.165, 1.54) is 12.2 Å². The van der Waals surface area contributed by atoms with Gasteiger partial charge in [-0.25, -0.2) is 0 Å². The van der Waals surface area contributed by atoms with E-state index in [1.54, 1.807) is 0 Å². The lowest BCUT2D eigenvalue weighted by atomic mass is 10.5. The van der Waals surface area contributed by atoms with Gasteiger partial charge in [-0.3, -0.25) is 16.2 Å². The molecule has 7 heteroatoms. The van der Waals surface area contributed by atoms with Crippen LogP contribution in [0.1, 0.15) is 0 Å². The highest BCUT2D eigenvalue weighted by molar-refractivity contribution is 6.07. The Morgan fingerprint density at radius 2 is 1.42 bits per heavy atom. The van der Waals surface area contributed by atoms with Gasteiger partial charge >= 0.3 is 0 Å². The fourth-order valence-electron chi connectivity index (χ4n) is 0.338. The fraction of sp³-hybridized carbons (Fsp3) is 0. The van der Waals surface area contributed by atoms with E-state index in [2.05, 4.69) is 16.2 Å². The van der Waals surface area contributed by atoms with Crippen LogP contribution in [0.4, 0.5) is 0 Å². The van der Waals surface area contributed by atoms with Gasteiger partial charge in [-0.05, 0) is 0 Å². The summed E-state index contributed by atoms with van der Waals surface area (Å²) in [5.41, 5.74) is 8.94. The molecule has 0 radical (unpaired) electrons. The molecule has 1 aliphatic heterocycles. The first kappa shape index (κ1) is 13.1. The molecule has 0 spiro atoms. The van der Waals surface area contributed by atoms with Crippen molar-refractivity contribution in [3.63, 3.8) is 0 Å². The minimum Gasteiger partial charge on any atom is -0.422 e. The van der Waals surface area contributed by atoms with Crippen LogP contribution in [0, 0.1) is 16.2 Å². The molecule has 0 saturated carbocycles. The van der Waals surface area contributed by atoms with Gasteiger partial charge in [-0.15, -0.1) is 12.4 Å². The number of rotatable bonds is 0. The number of guanidine groups is 1. The smallest absolute Gasteiger partial charge is 0.214 e. The van der Waals surface area contributed by atoms with Gasteiger partial charge in [-0.2, -0.15) is 0 Å². The number of nitrogens with two attached hydrogens (primary N) is 2. The maximum Gasteiger partial charge on any atom is 0.214 e. The summed E-state index contributed by atoms with van der Waals surface area (Å²) >= 11 is 0. The zero-order chi connectivity index (χ0) is 8.85. The van der Waals surface area contributed by atoms with Crippen LogP contribution in [-0.2, 0) is 4.74 Å². The van der Waals surface area contributed by atoms with Gasteiger partial charge in [0.2, 0.25) is 11.8 Å². The number of nitrogens with one attached hydrogen (secondary N) is 3. The van der Waals surface area contributed by atoms with Crippen LogP contribution in [0.5, 0.6) is 0 Å². The average Bonchev–Trinajstić information content (AvgIpc) is 2.13. The maximum atomic E-state index is 6.73. The van der Waals surface area contributed by atoms with E-state index in [9.17, 15) is 0 Å². The monoisotopic (exact) mass is 191 g/mol. The molecule has 0 saturated heterocycles. The Kier molecular flexibility index (Phi) is 6.71. The Bertz CT molecular complexity index is 204. The molecule has 0 aromatic carbocycles. The lowest BCUT2D eigenvalue weighted by Crippen LogP contribution is -2.20. The summed E-state index contributed by atoms with van der Waals surface area (Å²) in [7, 11) is 0. The van der Waals surface area contributed by atoms with Crippen molar-refractivity contribution in [3.8, 4) is 0 Å². The van der Waals surface area contributed by atoms with Crippen LogP contribution in [0.25, 0.3) is 0 Å². The molecule has 1 rings (SSSR count). The predicted molar refractivity (Wildman–Crippen MR) is 49.0 cm³/mol. The van der Waals surface area contributed by atoms with Gasteiger partial charge in [-0.1, -0.05) is 0 Å². The first-order valence-electron chi connectivity index (χ1n) is 2.65. The normalized spacial score (nSPS) is 12.3. The third-order valence-corrected chi connectivity index (χ3v) is 0.606. The summed E-state index contributed by atoms with van der Waals surface area (Å²) in [6.45, 7) is 0. The summed E-state index contributed by atoms with van der Waals surface area (Å²) in [5, 5.41) is 19.5. The molecule has 0 fully saturated rings. The molecule has 0 atom stereocenters. The van der Waals surface area contributed by atoms with Crippen molar-refractivity contribution in [3.05, 3.63) is 12.2 Å². The summed E-state index contributed by atoms with van der Waals surface area (Å²) < 4.78 is 4.42. The SMILES string of the molecule is Cl.N=C(N)N.N=C1C=CC(=N)O1. The first-order valence-corrected chi connectivity index (χ1v) is 2.65. The van der Waals surface area contributed by atoms with Gasteiger partial charge in [0.05, 0.1) is 0 Å². The Morgan fingerprint density at radius 1 is 1.17 bits per heavy atom. The fourth-order valence-corrected chi connectivity index (χ4v) is 0.338. The molecular formula is C5H10ClN5O. The predicted octanol–water partition coefficient (Wildman–Crippen LogP) is -0.212. The third kappa shape index (κ3) is 8.44. The summed E-state index contributed by atoms with van der Waals surface area (Å²) in [6, 6.07) is 0. The Hall–Kier alpha value is -1.56. The molecule has 1 heterocycles. The van der Waals surface area contributed by atoms with E-state index in [1.807, 2.05) is 0 Å². The van der Waals surface area contributed by atoms with Crippen LogP contribution in [0.3, 0.4) is 0 Å². The molecule has 0 aliphatic carbocycles. The quantitative estimate of drug-likeness (QED) is 0.268. The number of halogens is 1. The van der Waals surface area contributed by atoms with E-state index < -0.39 is 0 Å². The molecule has 12 heavy (non-hydrogen) atoms. The standard InChI is InChI=1S/C4H4N2O.CH5N3.ClH/c5-3-1-2-4(6)7-3;2-1(3)4;/h1-2,5-6H;(H5,2,3,4);1H. The Morgan fingerprint density at radius 3 is 1.50 bits per heavy atom. The summed E-state index contributed by atoms with van der Waals surface area (Å²) in [5.74, 6) is -0.241. The van der Waals surface area contributed by atoms with E-state index in [0.717, 1.165) is 0 Å². The minimum absolute atomic E-state index is 0. The highest BCUT2D eigenvalue weighted by Gasteiger charge is 2.02. The molecule has 6 nitrogen and oxygen atoms in total.